The summed E-state index contributed by atoms with van der Waals surface area (Å²) in [6.45, 7) is 5.24. The Morgan fingerprint density at radius 1 is 1.27 bits per heavy atom. The third kappa shape index (κ3) is 8.59. The summed E-state index contributed by atoms with van der Waals surface area (Å²) in [6, 6.07) is 6.95. The monoisotopic (exact) mass is 538 g/mol. The molecule has 1 aliphatic heterocycles. The van der Waals surface area contributed by atoms with Gasteiger partial charge in [-0.3, -0.25) is 9.09 Å². The van der Waals surface area contributed by atoms with Gasteiger partial charge in [-0.05, 0) is 44.5 Å². The molecule has 3 rings (SSSR count). The van der Waals surface area contributed by atoms with Crippen LogP contribution in [0.5, 0.6) is 5.75 Å². The zero-order chi connectivity index (χ0) is 27.2. The van der Waals surface area contributed by atoms with E-state index < -0.39 is 43.1 Å². The lowest BCUT2D eigenvalue weighted by atomic mass is 10.1. The Labute approximate surface area is 213 Å². The number of anilines is 1. The maximum atomic E-state index is 12.9. The zero-order valence-corrected chi connectivity index (χ0v) is 21.9. The Bertz CT molecular complexity index is 1200. The average Bonchev–Trinajstić information content (AvgIpc) is 2.81. The fourth-order valence-corrected chi connectivity index (χ4v) is 4.71. The molecule has 0 aliphatic carbocycles. The quantitative estimate of drug-likeness (QED) is 0.372. The minimum absolute atomic E-state index is 0.0523. The van der Waals surface area contributed by atoms with Crippen molar-refractivity contribution in [3.8, 4) is 5.75 Å². The smallest absolute Gasteiger partial charge is 0.408 e. The molecule has 202 valence electrons. The lowest BCUT2D eigenvalue weighted by Crippen LogP contribution is -2.45. The Hall–Kier alpha value is -3.41. The number of rotatable bonds is 8. The van der Waals surface area contributed by atoms with Gasteiger partial charge in [-0.25, -0.2) is 18.9 Å². The van der Waals surface area contributed by atoms with Crippen LogP contribution in [0.3, 0.4) is 0 Å². The fraction of sp³-hybridized carbons (Fsp3) is 0.478. The number of amides is 1. The van der Waals surface area contributed by atoms with Crippen LogP contribution in [0.15, 0.2) is 41.3 Å². The van der Waals surface area contributed by atoms with E-state index in [9.17, 15) is 18.9 Å². The first kappa shape index (κ1) is 28.2. The molecule has 13 nitrogen and oxygen atoms in total. The predicted octanol–water partition coefficient (Wildman–Crippen LogP) is 2.08. The highest BCUT2D eigenvalue weighted by Gasteiger charge is 2.35. The Morgan fingerprint density at radius 2 is 1.97 bits per heavy atom. The van der Waals surface area contributed by atoms with Gasteiger partial charge in [0.05, 0.1) is 20.3 Å². The summed E-state index contributed by atoms with van der Waals surface area (Å²) in [5.41, 5.74) is 4.92. The van der Waals surface area contributed by atoms with E-state index in [4.69, 9.17) is 29.0 Å². The number of hydrogen-bond acceptors (Lipinski definition) is 11. The van der Waals surface area contributed by atoms with Crippen LogP contribution < -0.4 is 21.3 Å². The summed E-state index contributed by atoms with van der Waals surface area (Å²) in [5, 5.41) is 2.51. The van der Waals surface area contributed by atoms with Gasteiger partial charge in [0.15, 0.2) is 6.35 Å². The Kier molecular flexibility index (Phi) is 8.95. The molecule has 1 aliphatic rings. The number of carbonyl (C=O) groups excluding carboxylic acids is 2. The van der Waals surface area contributed by atoms with E-state index in [-0.39, 0.29) is 37.5 Å². The van der Waals surface area contributed by atoms with Crippen LogP contribution in [0.2, 0.25) is 0 Å². The van der Waals surface area contributed by atoms with Gasteiger partial charge in [-0.15, -0.1) is 0 Å². The van der Waals surface area contributed by atoms with Crippen molar-refractivity contribution in [3.05, 3.63) is 52.6 Å². The highest BCUT2D eigenvalue weighted by atomic mass is 31.2. The molecule has 1 aromatic heterocycles. The number of benzene rings is 1. The van der Waals surface area contributed by atoms with Crippen LogP contribution >= 0.6 is 7.60 Å². The van der Waals surface area contributed by atoms with Crippen molar-refractivity contribution in [2.75, 3.05) is 25.8 Å². The topological polar surface area (TPSA) is 170 Å². The van der Waals surface area contributed by atoms with Gasteiger partial charge >= 0.3 is 25.3 Å². The highest BCUT2D eigenvalue weighted by Crippen LogP contribution is 2.50. The van der Waals surface area contributed by atoms with Gasteiger partial charge in [-0.1, -0.05) is 12.1 Å². The maximum Gasteiger partial charge on any atom is 0.408 e. The van der Waals surface area contributed by atoms with Crippen molar-refractivity contribution in [1.82, 2.24) is 14.9 Å². The van der Waals surface area contributed by atoms with E-state index in [1.54, 1.807) is 45.0 Å². The number of ether oxygens (including phenoxy) is 3. The molecule has 3 N–H and O–H groups in total. The van der Waals surface area contributed by atoms with Crippen LogP contribution in [-0.2, 0) is 41.1 Å². The second kappa shape index (κ2) is 11.8. The van der Waals surface area contributed by atoms with E-state index in [2.05, 4.69) is 10.3 Å². The van der Waals surface area contributed by atoms with Crippen LogP contribution in [-0.4, -0.2) is 59.4 Å². The van der Waals surface area contributed by atoms with Crippen LogP contribution in [0.1, 0.15) is 26.3 Å². The number of methoxy groups -OCH3 is 1. The van der Waals surface area contributed by atoms with Gasteiger partial charge in [0.1, 0.15) is 29.3 Å². The molecular weight excluding hydrogens is 507 g/mol. The molecule has 0 bridgehead atoms. The molecule has 0 saturated carbocycles. The first-order valence-corrected chi connectivity index (χ1v) is 13.1. The molecule has 2 aromatic rings. The maximum absolute atomic E-state index is 12.9. The number of nitrogen functional groups attached to an aromatic ring is 1. The molecule has 0 radical (unpaired) electrons. The molecule has 1 saturated heterocycles. The summed E-state index contributed by atoms with van der Waals surface area (Å²) in [6.07, 6.45) is 0.0504. The molecular formula is C23H31N4O9P. The number of aromatic nitrogens is 2. The van der Waals surface area contributed by atoms with Gasteiger partial charge in [0.25, 0.3) is 0 Å². The Morgan fingerprint density at radius 3 is 2.54 bits per heavy atom. The summed E-state index contributed by atoms with van der Waals surface area (Å²) < 4.78 is 40.9. The molecule has 0 unspecified atom stereocenters. The minimum atomic E-state index is -3.59. The van der Waals surface area contributed by atoms with Crippen LogP contribution in [0.4, 0.5) is 10.6 Å². The number of esters is 1. The van der Waals surface area contributed by atoms with E-state index in [1.165, 1.54) is 23.9 Å². The van der Waals surface area contributed by atoms with E-state index in [0.717, 1.165) is 0 Å². The summed E-state index contributed by atoms with van der Waals surface area (Å²) in [4.78, 5) is 39.8. The molecule has 3 atom stereocenters. The van der Waals surface area contributed by atoms with Crippen LogP contribution in [0, 0.1) is 0 Å². The normalized spacial score (nSPS) is 20.5. The standard InChI is InChI=1S/C23H31N4O9P/c1-23(2,3)35-22(30)25-18(20(28)32-4)11-15-5-7-16(8-6-15)36-37(31)14-33-17(13-34-37)12-27-10-9-19(24)26-21(27)29/h5-10,17-18H,11-14H2,1-4H3,(H,25,30)(H2,24,26,29)/t17-,18+,37-/m0/s1. The average molecular weight is 538 g/mol. The van der Waals surface area contributed by atoms with E-state index >= 15 is 0 Å². The second-order valence-electron chi connectivity index (χ2n) is 9.27. The SMILES string of the molecule is COC(=O)[C@@H](Cc1ccc(O[P@]2(=O)CO[C@@H](Cn3ccc(N)nc3=O)CO2)cc1)NC(=O)OC(C)(C)C. The van der Waals surface area contributed by atoms with Crippen molar-refractivity contribution >= 4 is 25.5 Å². The lowest BCUT2D eigenvalue weighted by Gasteiger charge is -2.29. The van der Waals surface area contributed by atoms with Crippen molar-refractivity contribution in [1.29, 1.82) is 0 Å². The minimum Gasteiger partial charge on any atom is -0.467 e. The molecule has 1 amide bonds. The highest BCUT2D eigenvalue weighted by molar-refractivity contribution is 7.54. The number of nitrogens with two attached hydrogens (primary N) is 1. The van der Waals surface area contributed by atoms with Gasteiger partial charge in [0, 0.05) is 12.6 Å². The van der Waals surface area contributed by atoms with Crippen molar-refractivity contribution in [2.24, 2.45) is 0 Å². The van der Waals surface area contributed by atoms with Crippen LogP contribution in [0.25, 0.3) is 0 Å². The van der Waals surface area contributed by atoms with Crippen molar-refractivity contribution < 1.29 is 37.4 Å². The van der Waals surface area contributed by atoms with Crippen molar-refractivity contribution in [3.63, 3.8) is 0 Å². The largest absolute Gasteiger partial charge is 0.467 e. The molecule has 0 spiro atoms. The van der Waals surface area contributed by atoms with Gasteiger partial charge in [0.2, 0.25) is 0 Å². The van der Waals surface area contributed by atoms with Gasteiger partial charge < -0.3 is 29.8 Å². The third-order valence-electron chi connectivity index (χ3n) is 5.01. The second-order valence-corrected chi connectivity index (χ2v) is 11.2. The van der Waals surface area contributed by atoms with Crippen molar-refractivity contribution in [2.45, 2.75) is 51.5 Å². The molecule has 2 heterocycles. The Balaban J connectivity index is 1.55. The number of nitrogens with one attached hydrogen (secondary N) is 1. The first-order chi connectivity index (χ1) is 17.4. The third-order valence-corrected chi connectivity index (χ3v) is 6.50. The van der Waals surface area contributed by atoms with Gasteiger partial charge in [-0.2, -0.15) is 4.98 Å². The number of nitrogens with zero attached hydrogens (tertiary/aromatic N) is 2. The molecule has 1 fully saturated rings. The van der Waals surface area contributed by atoms with E-state index in [0.29, 0.717) is 5.56 Å². The number of carbonyl (C=O) groups is 2. The predicted molar refractivity (Wildman–Crippen MR) is 132 cm³/mol. The molecule has 37 heavy (non-hydrogen) atoms. The first-order valence-electron chi connectivity index (χ1n) is 11.4. The van der Waals surface area contributed by atoms with E-state index in [1.807, 2.05) is 0 Å². The fourth-order valence-electron chi connectivity index (χ4n) is 3.31. The number of hydrogen-bond donors (Lipinski definition) is 2. The number of alkyl carbamates (subject to hydrolysis) is 1. The zero-order valence-electron chi connectivity index (χ0n) is 21.0. The molecule has 1 aromatic carbocycles. The summed E-state index contributed by atoms with van der Waals surface area (Å²) >= 11 is 0. The summed E-state index contributed by atoms with van der Waals surface area (Å²) in [5.74, 6) is -0.246. The molecule has 14 heteroatoms. The lowest BCUT2D eigenvalue weighted by molar-refractivity contribution is -0.143. The summed E-state index contributed by atoms with van der Waals surface area (Å²) in [7, 11) is -2.37.